The van der Waals surface area contributed by atoms with Gasteiger partial charge < -0.3 is 19.9 Å². The highest BCUT2D eigenvalue weighted by Gasteiger charge is 2.24. The zero-order valence-electron chi connectivity index (χ0n) is 16.3. The van der Waals surface area contributed by atoms with Crippen molar-refractivity contribution in [3.05, 3.63) is 42.4 Å². The van der Waals surface area contributed by atoms with Crippen molar-refractivity contribution in [1.82, 2.24) is 14.9 Å². The molecule has 1 aromatic heterocycles. The van der Waals surface area contributed by atoms with E-state index in [1.54, 1.807) is 19.5 Å². The minimum absolute atomic E-state index is 0.0559. The van der Waals surface area contributed by atoms with Crippen LogP contribution in [-0.4, -0.2) is 60.1 Å². The molecule has 0 bridgehead atoms. The molecule has 0 unspecified atom stereocenters. The Labute approximate surface area is 165 Å². The van der Waals surface area contributed by atoms with Gasteiger partial charge in [0, 0.05) is 32.2 Å². The first-order chi connectivity index (χ1) is 13.7. The number of hydrogen-bond acceptors (Lipinski definition) is 6. The van der Waals surface area contributed by atoms with Crippen LogP contribution in [0.1, 0.15) is 36.2 Å². The lowest BCUT2D eigenvalue weighted by Crippen LogP contribution is -2.49. The van der Waals surface area contributed by atoms with E-state index in [1.165, 1.54) is 25.7 Å². The Kier molecular flexibility index (Phi) is 5.60. The van der Waals surface area contributed by atoms with Crippen LogP contribution in [-0.2, 0) is 0 Å². The molecule has 0 radical (unpaired) electrons. The first-order valence-electron chi connectivity index (χ1n) is 10.0. The molecule has 2 heterocycles. The summed E-state index contributed by atoms with van der Waals surface area (Å²) in [5, 5.41) is 3.40. The van der Waals surface area contributed by atoms with Gasteiger partial charge in [0.25, 0.3) is 5.91 Å². The molecular weight excluding hydrogens is 354 g/mol. The highest BCUT2D eigenvalue weighted by Crippen LogP contribution is 2.28. The van der Waals surface area contributed by atoms with E-state index in [-0.39, 0.29) is 5.91 Å². The number of methoxy groups -OCH3 is 1. The standard InChI is InChI=1S/C21H27N5O2/c1-28-19-9-5-4-8-18(19)25-10-12-26(13-11-25)21(27)17-14-23-20(15-22-17)24-16-6-2-3-7-16/h4-5,8-9,14-16H,2-3,6-7,10-13H2,1H3,(H,23,24). The Balaban J connectivity index is 1.34. The van der Waals surface area contributed by atoms with Crippen molar-refractivity contribution in [3.8, 4) is 5.75 Å². The van der Waals surface area contributed by atoms with Crippen LogP contribution in [0.5, 0.6) is 5.75 Å². The van der Waals surface area contributed by atoms with E-state index < -0.39 is 0 Å². The van der Waals surface area contributed by atoms with Gasteiger partial charge in [-0.05, 0) is 25.0 Å². The van der Waals surface area contributed by atoms with Gasteiger partial charge in [-0.25, -0.2) is 9.97 Å². The van der Waals surface area contributed by atoms with Crippen molar-refractivity contribution in [2.45, 2.75) is 31.7 Å². The van der Waals surface area contributed by atoms with Gasteiger partial charge in [0.15, 0.2) is 0 Å². The van der Waals surface area contributed by atoms with Gasteiger partial charge in [-0.15, -0.1) is 0 Å². The summed E-state index contributed by atoms with van der Waals surface area (Å²) >= 11 is 0. The smallest absolute Gasteiger partial charge is 0.274 e. The Morgan fingerprint density at radius 1 is 1.07 bits per heavy atom. The molecule has 1 amide bonds. The molecular formula is C21H27N5O2. The number of ether oxygens (including phenoxy) is 1. The van der Waals surface area contributed by atoms with Crippen LogP contribution in [0.4, 0.5) is 11.5 Å². The third-order valence-electron chi connectivity index (χ3n) is 5.57. The number of carbonyl (C=O) groups excluding carboxylic acids is 1. The third-order valence-corrected chi connectivity index (χ3v) is 5.57. The summed E-state index contributed by atoms with van der Waals surface area (Å²) in [5.74, 6) is 1.56. The molecule has 1 aromatic carbocycles. The second kappa shape index (κ2) is 8.46. The second-order valence-corrected chi connectivity index (χ2v) is 7.36. The van der Waals surface area contributed by atoms with Gasteiger partial charge in [0.1, 0.15) is 17.3 Å². The van der Waals surface area contributed by atoms with Crippen LogP contribution in [0.3, 0.4) is 0 Å². The van der Waals surface area contributed by atoms with Gasteiger partial charge in [0.2, 0.25) is 0 Å². The van der Waals surface area contributed by atoms with E-state index in [4.69, 9.17) is 4.74 Å². The van der Waals surface area contributed by atoms with Crippen molar-refractivity contribution >= 4 is 17.4 Å². The summed E-state index contributed by atoms with van der Waals surface area (Å²) < 4.78 is 5.45. The fraction of sp³-hybridized carbons (Fsp3) is 0.476. The topological polar surface area (TPSA) is 70.6 Å². The largest absolute Gasteiger partial charge is 0.495 e. The molecule has 148 valence electrons. The van der Waals surface area contributed by atoms with Crippen LogP contribution in [0.2, 0.25) is 0 Å². The Morgan fingerprint density at radius 2 is 1.82 bits per heavy atom. The Hall–Kier alpha value is -2.83. The minimum atomic E-state index is -0.0559. The van der Waals surface area contributed by atoms with Crippen LogP contribution < -0.4 is 15.0 Å². The normalized spacial score (nSPS) is 17.6. The van der Waals surface area contributed by atoms with Crippen LogP contribution in [0, 0.1) is 0 Å². The first-order valence-corrected chi connectivity index (χ1v) is 10.0. The average molecular weight is 381 g/mol. The molecule has 1 aliphatic carbocycles. The van der Waals surface area contributed by atoms with E-state index in [1.807, 2.05) is 23.1 Å². The number of carbonyl (C=O) groups is 1. The lowest BCUT2D eigenvalue weighted by Gasteiger charge is -2.36. The molecule has 0 spiro atoms. The molecule has 2 aliphatic rings. The average Bonchev–Trinajstić information content (AvgIpc) is 3.27. The maximum atomic E-state index is 12.8. The number of nitrogens with one attached hydrogen (secondary N) is 1. The Morgan fingerprint density at radius 3 is 2.50 bits per heavy atom. The molecule has 7 nitrogen and oxygen atoms in total. The lowest BCUT2D eigenvalue weighted by atomic mass is 10.2. The van der Waals surface area contributed by atoms with Gasteiger partial charge in [-0.2, -0.15) is 0 Å². The molecule has 1 saturated heterocycles. The molecule has 1 N–H and O–H groups in total. The van der Waals surface area contributed by atoms with Crippen LogP contribution >= 0.6 is 0 Å². The minimum Gasteiger partial charge on any atom is -0.495 e. The molecule has 2 aromatic rings. The summed E-state index contributed by atoms with van der Waals surface area (Å²) in [6, 6.07) is 8.47. The lowest BCUT2D eigenvalue weighted by molar-refractivity contribution is 0.0740. The van der Waals surface area contributed by atoms with Crippen molar-refractivity contribution in [3.63, 3.8) is 0 Å². The fourth-order valence-corrected chi connectivity index (χ4v) is 4.00. The zero-order chi connectivity index (χ0) is 19.3. The monoisotopic (exact) mass is 381 g/mol. The SMILES string of the molecule is COc1ccccc1N1CCN(C(=O)c2cnc(NC3CCCC3)cn2)CC1. The predicted molar refractivity (Wildman–Crippen MR) is 109 cm³/mol. The molecule has 2 fully saturated rings. The number of hydrogen-bond donors (Lipinski definition) is 1. The molecule has 7 heteroatoms. The summed E-state index contributed by atoms with van der Waals surface area (Å²) in [6.07, 6.45) is 8.16. The predicted octanol–water partition coefficient (Wildman–Crippen LogP) is 2.80. The zero-order valence-corrected chi connectivity index (χ0v) is 16.3. The molecule has 4 rings (SSSR count). The summed E-state index contributed by atoms with van der Waals surface area (Å²) in [4.78, 5) is 25.6. The third kappa shape index (κ3) is 4.03. The number of nitrogens with zero attached hydrogens (tertiary/aromatic N) is 4. The van der Waals surface area contributed by atoms with Gasteiger partial charge in [0.05, 0.1) is 25.2 Å². The fourth-order valence-electron chi connectivity index (χ4n) is 4.00. The van der Waals surface area contributed by atoms with Gasteiger partial charge in [-0.3, -0.25) is 4.79 Å². The van der Waals surface area contributed by atoms with E-state index in [0.29, 0.717) is 24.8 Å². The molecule has 1 saturated carbocycles. The number of amides is 1. The maximum absolute atomic E-state index is 12.8. The number of benzene rings is 1. The highest BCUT2D eigenvalue weighted by atomic mass is 16.5. The van der Waals surface area contributed by atoms with E-state index >= 15 is 0 Å². The molecule has 28 heavy (non-hydrogen) atoms. The van der Waals surface area contributed by atoms with Crippen LogP contribution in [0.25, 0.3) is 0 Å². The van der Waals surface area contributed by atoms with Crippen molar-refractivity contribution < 1.29 is 9.53 Å². The quantitative estimate of drug-likeness (QED) is 0.859. The van der Waals surface area contributed by atoms with Crippen molar-refractivity contribution in [2.75, 3.05) is 43.5 Å². The van der Waals surface area contributed by atoms with Crippen molar-refractivity contribution in [2.24, 2.45) is 0 Å². The van der Waals surface area contributed by atoms with Gasteiger partial charge in [-0.1, -0.05) is 25.0 Å². The first kappa shape index (κ1) is 18.5. The number of para-hydroxylation sites is 2. The molecule has 1 aliphatic heterocycles. The van der Waals surface area contributed by atoms with E-state index in [2.05, 4.69) is 26.3 Å². The van der Waals surface area contributed by atoms with E-state index in [9.17, 15) is 4.79 Å². The van der Waals surface area contributed by atoms with Crippen LogP contribution in [0.15, 0.2) is 36.7 Å². The number of rotatable bonds is 5. The summed E-state index contributed by atoms with van der Waals surface area (Å²) in [6.45, 7) is 2.84. The van der Waals surface area contributed by atoms with Gasteiger partial charge >= 0.3 is 0 Å². The molecule has 0 atom stereocenters. The number of piperazine rings is 1. The van der Waals surface area contributed by atoms with Crippen molar-refractivity contribution in [1.29, 1.82) is 0 Å². The number of aromatic nitrogens is 2. The highest BCUT2D eigenvalue weighted by molar-refractivity contribution is 5.92. The van der Waals surface area contributed by atoms with E-state index in [0.717, 1.165) is 30.3 Å². The number of anilines is 2. The summed E-state index contributed by atoms with van der Waals surface area (Å²) in [5.41, 5.74) is 1.47. The maximum Gasteiger partial charge on any atom is 0.274 e. The summed E-state index contributed by atoms with van der Waals surface area (Å²) in [7, 11) is 1.68. The second-order valence-electron chi connectivity index (χ2n) is 7.36. The Bertz CT molecular complexity index is 797.